The molecule has 0 aliphatic heterocycles. The number of hydrogen-bond donors (Lipinski definition) is 1. The van der Waals surface area contributed by atoms with E-state index in [-0.39, 0.29) is 18.1 Å². The van der Waals surface area contributed by atoms with Gasteiger partial charge in [-0.15, -0.1) is 0 Å². The van der Waals surface area contributed by atoms with Crippen LogP contribution in [0.25, 0.3) is 0 Å². The quantitative estimate of drug-likeness (QED) is 0.458. The summed E-state index contributed by atoms with van der Waals surface area (Å²) in [7, 11) is -0.952. The van der Waals surface area contributed by atoms with Crippen LogP contribution in [0.3, 0.4) is 0 Å². The molecule has 0 aliphatic carbocycles. The molecule has 0 aromatic heterocycles. The third-order valence-corrected chi connectivity index (χ3v) is 6.94. The average Bonchev–Trinajstić information content (AvgIpc) is 2.79. The summed E-state index contributed by atoms with van der Waals surface area (Å²) in [4.78, 5) is 28.0. The number of anilines is 1. The van der Waals surface area contributed by atoms with E-state index in [0.29, 0.717) is 11.5 Å². The van der Waals surface area contributed by atoms with E-state index in [9.17, 15) is 18.0 Å². The molecule has 0 bridgehead atoms. The Balaban J connectivity index is 2.44. The van der Waals surface area contributed by atoms with Crippen molar-refractivity contribution in [3.8, 4) is 11.5 Å². The van der Waals surface area contributed by atoms with E-state index in [2.05, 4.69) is 21.2 Å². The van der Waals surface area contributed by atoms with Crippen LogP contribution in [0.15, 0.2) is 46.9 Å². The minimum atomic E-state index is -3.86. The average molecular weight is 585 g/mol. The smallest absolute Gasteiger partial charge is 0.244 e. The lowest BCUT2D eigenvalue weighted by Crippen LogP contribution is -2.54. The van der Waals surface area contributed by atoms with Crippen LogP contribution in [0.2, 0.25) is 0 Å². The Bertz CT molecular complexity index is 1180. The predicted octanol–water partition coefficient (Wildman–Crippen LogP) is 3.56. The number of nitrogens with one attached hydrogen (secondary N) is 1. The normalized spacial score (nSPS) is 12.4. The van der Waals surface area contributed by atoms with Gasteiger partial charge < -0.3 is 19.7 Å². The second kappa shape index (κ2) is 12.0. The first-order valence-corrected chi connectivity index (χ1v) is 13.9. The molecule has 0 saturated heterocycles. The molecule has 2 amide bonds. The number of rotatable bonds is 10. The van der Waals surface area contributed by atoms with Gasteiger partial charge in [0.15, 0.2) is 11.5 Å². The molecule has 1 unspecified atom stereocenters. The van der Waals surface area contributed by atoms with E-state index in [4.69, 9.17) is 9.47 Å². The van der Waals surface area contributed by atoms with E-state index in [1.807, 2.05) is 45.0 Å². The SMILES string of the molecule is COc1ccc(N(CC(=O)N(Cc2ccc(Br)cc2)C(C)C(=O)NC(C)(C)C)S(C)(=O)=O)cc1OC. The molecule has 1 N–H and O–H groups in total. The molecular weight excluding hydrogens is 550 g/mol. The maximum absolute atomic E-state index is 13.6. The molecule has 2 aromatic rings. The molecule has 1 atom stereocenters. The summed E-state index contributed by atoms with van der Waals surface area (Å²) in [6.45, 7) is 6.79. The first kappa shape index (κ1) is 29.4. The van der Waals surface area contributed by atoms with Crippen molar-refractivity contribution in [1.82, 2.24) is 10.2 Å². The van der Waals surface area contributed by atoms with Gasteiger partial charge in [-0.25, -0.2) is 8.42 Å². The van der Waals surface area contributed by atoms with Crippen LogP contribution in [0, 0.1) is 0 Å². The number of methoxy groups -OCH3 is 2. The van der Waals surface area contributed by atoms with Crippen molar-refractivity contribution in [2.24, 2.45) is 0 Å². The molecule has 0 heterocycles. The summed E-state index contributed by atoms with van der Waals surface area (Å²) < 4.78 is 37.9. The molecule has 36 heavy (non-hydrogen) atoms. The minimum absolute atomic E-state index is 0.119. The van der Waals surface area contributed by atoms with Crippen LogP contribution >= 0.6 is 15.9 Å². The van der Waals surface area contributed by atoms with E-state index in [1.165, 1.54) is 31.3 Å². The van der Waals surface area contributed by atoms with Crippen molar-refractivity contribution in [2.45, 2.75) is 45.8 Å². The second-order valence-electron chi connectivity index (χ2n) is 9.37. The number of hydrogen-bond acceptors (Lipinski definition) is 6. The summed E-state index contributed by atoms with van der Waals surface area (Å²) >= 11 is 3.39. The summed E-state index contributed by atoms with van der Waals surface area (Å²) in [5.74, 6) is -0.134. The highest BCUT2D eigenvalue weighted by atomic mass is 79.9. The number of carbonyl (C=O) groups is 2. The zero-order chi connectivity index (χ0) is 27.3. The van der Waals surface area contributed by atoms with Gasteiger partial charge in [-0.2, -0.15) is 0 Å². The van der Waals surface area contributed by atoms with Crippen LogP contribution < -0.4 is 19.1 Å². The van der Waals surface area contributed by atoms with Crippen molar-refractivity contribution in [1.29, 1.82) is 0 Å². The number of carbonyl (C=O) groups excluding carboxylic acids is 2. The fourth-order valence-corrected chi connectivity index (χ4v) is 4.54. The van der Waals surface area contributed by atoms with Gasteiger partial charge >= 0.3 is 0 Å². The van der Waals surface area contributed by atoms with E-state index in [1.54, 1.807) is 13.0 Å². The van der Waals surface area contributed by atoms with Crippen LogP contribution in [-0.2, 0) is 26.2 Å². The highest BCUT2D eigenvalue weighted by Crippen LogP contribution is 2.32. The summed E-state index contributed by atoms with van der Waals surface area (Å²) in [5.41, 5.74) is 0.522. The Morgan fingerprint density at radius 3 is 2.11 bits per heavy atom. The van der Waals surface area contributed by atoms with Gasteiger partial charge in [0.05, 0.1) is 26.2 Å². The van der Waals surface area contributed by atoms with Crippen molar-refractivity contribution in [3.05, 3.63) is 52.5 Å². The Labute approximate surface area is 221 Å². The van der Waals surface area contributed by atoms with Gasteiger partial charge in [-0.1, -0.05) is 28.1 Å². The van der Waals surface area contributed by atoms with Crippen LogP contribution in [0.4, 0.5) is 5.69 Å². The zero-order valence-corrected chi connectivity index (χ0v) is 24.1. The fraction of sp³-hybridized carbons (Fsp3) is 0.440. The number of sulfonamides is 1. The van der Waals surface area contributed by atoms with Gasteiger partial charge in [0.2, 0.25) is 21.8 Å². The molecule has 11 heteroatoms. The Hall–Kier alpha value is -2.79. The van der Waals surface area contributed by atoms with E-state index >= 15 is 0 Å². The van der Waals surface area contributed by atoms with Crippen LogP contribution in [-0.4, -0.2) is 63.7 Å². The van der Waals surface area contributed by atoms with Gasteiger partial charge in [-0.3, -0.25) is 13.9 Å². The van der Waals surface area contributed by atoms with Crippen molar-refractivity contribution in [3.63, 3.8) is 0 Å². The van der Waals surface area contributed by atoms with Crippen molar-refractivity contribution >= 4 is 43.5 Å². The molecule has 0 radical (unpaired) electrons. The maximum atomic E-state index is 13.6. The lowest BCUT2D eigenvalue weighted by molar-refractivity contribution is -0.140. The second-order valence-corrected chi connectivity index (χ2v) is 12.2. The van der Waals surface area contributed by atoms with E-state index in [0.717, 1.165) is 20.6 Å². The maximum Gasteiger partial charge on any atom is 0.244 e. The molecule has 0 saturated carbocycles. The molecule has 0 fully saturated rings. The molecule has 2 aromatic carbocycles. The van der Waals surface area contributed by atoms with Crippen LogP contribution in [0.1, 0.15) is 33.3 Å². The zero-order valence-electron chi connectivity index (χ0n) is 21.7. The summed E-state index contributed by atoms with van der Waals surface area (Å²) in [6, 6.07) is 11.1. The Morgan fingerprint density at radius 1 is 1.03 bits per heavy atom. The number of nitrogens with zero attached hydrogens (tertiary/aromatic N) is 2. The van der Waals surface area contributed by atoms with Crippen molar-refractivity contribution in [2.75, 3.05) is 31.3 Å². The number of ether oxygens (including phenoxy) is 2. The van der Waals surface area contributed by atoms with E-state index < -0.39 is 34.1 Å². The van der Waals surface area contributed by atoms with Crippen LogP contribution in [0.5, 0.6) is 11.5 Å². The first-order chi connectivity index (χ1) is 16.7. The summed E-state index contributed by atoms with van der Waals surface area (Å²) in [6.07, 6.45) is 1.02. The number of benzene rings is 2. The Kier molecular flexibility index (Phi) is 9.78. The first-order valence-electron chi connectivity index (χ1n) is 11.2. The molecule has 198 valence electrons. The monoisotopic (exact) mass is 583 g/mol. The van der Waals surface area contributed by atoms with Gasteiger partial charge in [-0.05, 0) is 57.5 Å². The number of amides is 2. The molecule has 0 aliphatic rings. The summed E-state index contributed by atoms with van der Waals surface area (Å²) in [5, 5.41) is 2.89. The topological polar surface area (TPSA) is 105 Å². The lowest BCUT2D eigenvalue weighted by atomic mass is 10.1. The third-order valence-electron chi connectivity index (χ3n) is 5.27. The Morgan fingerprint density at radius 2 is 1.61 bits per heavy atom. The minimum Gasteiger partial charge on any atom is -0.493 e. The van der Waals surface area contributed by atoms with Gasteiger partial charge in [0.25, 0.3) is 0 Å². The third kappa shape index (κ3) is 8.12. The number of halogens is 1. The highest BCUT2D eigenvalue weighted by molar-refractivity contribution is 9.10. The molecule has 0 spiro atoms. The molecular formula is C25H34BrN3O6S. The van der Waals surface area contributed by atoms with Gasteiger partial charge in [0, 0.05) is 22.6 Å². The molecule has 2 rings (SSSR count). The fourth-order valence-electron chi connectivity index (χ4n) is 3.44. The predicted molar refractivity (Wildman–Crippen MR) is 144 cm³/mol. The van der Waals surface area contributed by atoms with Gasteiger partial charge in [0.1, 0.15) is 12.6 Å². The highest BCUT2D eigenvalue weighted by Gasteiger charge is 2.31. The standard InChI is InChI=1S/C25H34BrN3O6S/c1-17(24(31)27-25(2,3)4)28(15-18-8-10-19(26)11-9-18)23(30)16-29(36(7,32)33)20-12-13-21(34-5)22(14-20)35-6/h8-14,17H,15-16H2,1-7H3,(H,27,31). The largest absolute Gasteiger partial charge is 0.493 e. The lowest BCUT2D eigenvalue weighted by Gasteiger charge is -2.33. The van der Waals surface area contributed by atoms with Crippen molar-refractivity contribution < 1.29 is 27.5 Å². The molecule has 9 nitrogen and oxygen atoms in total.